The molecule has 0 aliphatic carbocycles. The largest absolute Gasteiger partial charge is 0.668 e. The van der Waals surface area contributed by atoms with E-state index in [9.17, 15) is 0 Å². The van der Waals surface area contributed by atoms with Crippen LogP contribution in [0.3, 0.4) is 0 Å². The van der Waals surface area contributed by atoms with Gasteiger partial charge in [-0.05, 0) is 35.5 Å². The van der Waals surface area contributed by atoms with Crippen LogP contribution in [0.4, 0.5) is 0 Å². The van der Waals surface area contributed by atoms with E-state index in [2.05, 4.69) is 83.1 Å². The van der Waals surface area contributed by atoms with E-state index in [0.29, 0.717) is 39.6 Å². The van der Waals surface area contributed by atoms with Crippen molar-refractivity contribution in [2.24, 2.45) is 35.5 Å². The maximum absolute atomic E-state index is 6.55. The van der Waals surface area contributed by atoms with Crippen LogP contribution in [0.15, 0.2) is 0 Å². The Bertz CT molecular complexity index is 475. The van der Waals surface area contributed by atoms with Gasteiger partial charge in [0.2, 0.25) is 0 Å². The van der Waals surface area contributed by atoms with Crippen molar-refractivity contribution >= 4 is 27.1 Å². The first-order valence-electron chi connectivity index (χ1n) is 13.6. The van der Waals surface area contributed by atoms with E-state index in [1.165, 1.54) is 0 Å². The highest BCUT2D eigenvalue weighted by atomic mass is 28.6. The monoisotopic (exact) mass is 570 g/mol. The molecule has 0 unspecified atom stereocenters. The summed E-state index contributed by atoms with van der Waals surface area (Å²) in [5.74, 6) is 1.34. The first kappa shape index (κ1) is 34.3. The number of hydrogen-bond donors (Lipinski definition) is 0. The maximum atomic E-state index is 6.55. The van der Waals surface area contributed by atoms with Gasteiger partial charge in [-0.25, -0.2) is 0 Å². The van der Waals surface area contributed by atoms with Gasteiger partial charge in [0.1, 0.15) is 0 Å². The zero-order valence-electron chi connectivity index (χ0n) is 24.9. The number of rotatable bonds is 18. The van der Waals surface area contributed by atoms with Crippen molar-refractivity contribution in [2.45, 2.75) is 83.1 Å². The Morgan fingerprint density at radius 3 is 0.583 bits per heavy atom. The Morgan fingerprint density at radius 2 is 0.472 bits per heavy atom. The van der Waals surface area contributed by atoms with E-state index in [1.807, 2.05) is 0 Å². The molecule has 12 heteroatoms. The summed E-state index contributed by atoms with van der Waals surface area (Å²) in [6.07, 6.45) is 0. The van der Waals surface area contributed by atoms with Crippen LogP contribution in [0, 0.1) is 35.5 Å². The molecule has 1 aliphatic rings. The molecule has 0 amide bonds. The average molecular weight is 571 g/mol. The van der Waals surface area contributed by atoms with Crippen molar-refractivity contribution in [3.05, 3.63) is 0 Å². The Kier molecular flexibility index (Phi) is 15.0. The van der Waals surface area contributed by atoms with Gasteiger partial charge in [0.25, 0.3) is 0 Å². The zero-order chi connectivity index (χ0) is 27.6. The fraction of sp³-hybridized carbons (Fsp3) is 1.00. The van der Waals surface area contributed by atoms with Crippen LogP contribution in [-0.2, 0) is 38.9 Å². The molecule has 0 atom stereocenters. The second-order valence-corrected chi connectivity index (χ2v) is 19.2. The highest BCUT2D eigenvalue weighted by molar-refractivity contribution is 6.82. The second kappa shape index (κ2) is 15.8. The van der Waals surface area contributed by atoms with Crippen molar-refractivity contribution in [3.8, 4) is 0 Å². The van der Waals surface area contributed by atoms with Crippen LogP contribution in [0.5, 0.6) is 0 Å². The Balaban J connectivity index is 3.61. The molecule has 0 aromatic carbocycles. The van der Waals surface area contributed by atoms with Gasteiger partial charge >= 0.3 is 27.1 Å². The van der Waals surface area contributed by atoms with Gasteiger partial charge in [0.05, 0.1) is 0 Å². The molecule has 0 aromatic rings. The van der Waals surface area contributed by atoms with Crippen LogP contribution >= 0.6 is 0 Å². The standard InChI is InChI=1S/C24H54O9Si3/c1-19(2)13-25-34(26-14-20(3)4)31-35(27-15-21(5)6,28-16-22(7)8)33-36(32-34,29-17-23(9)10)30-18-24(11)12/h19-24H,13-18H2,1-12H3. The quantitative estimate of drug-likeness (QED) is 0.201. The van der Waals surface area contributed by atoms with E-state index < -0.39 is 27.1 Å². The van der Waals surface area contributed by atoms with Crippen LogP contribution in [0.2, 0.25) is 0 Å². The van der Waals surface area contributed by atoms with Crippen molar-refractivity contribution in [3.63, 3.8) is 0 Å². The lowest BCUT2D eigenvalue weighted by molar-refractivity contribution is -0.121. The maximum Gasteiger partial charge on any atom is 0.668 e. The molecule has 0 radical (unpaired) electrons. The third-order valence-corrected chi connectivity index (χ3v) is 13.4. The predicted molar refractivity (Wildman–Crippen MR) is 145 cm³/mol. The molecule has 1 heterocycles. The van der Waals surface area contributed by atoms with E-state index in [4.69, 9.17) is 38.9 Å². The van der Waals surface area contributed by atoms with Crippen LogP contribution in [-0.4, -0.2) is 66.8 Å². The molecular weight excluding hydrogens is 517 g/mol. The fourth-order valence-corrected chi connectivity index (χ4v) is 14.2. The van der Waals surface area contributed by atoms with Gasteiger partial charge < -0.3 is 38.9 Å². The molecule has 0 spiro atoms. The smallest absolute Gasteiger partial charge is 0.352 e. The van der Waals surface area contributed by atoms with E-state index >= 15 is 0 Å². The van der Waals surface area contributed by atoms with Crippen molar-refractivity contribution < 1.29 is 38.9 Å². The van der Waals surface area contributed by atoms with E-state index in [0.717, 1.165) is 0 Å². The Labute approximate surface area is 224 Å². The lowest BCUT2D eigenvalue weighted by atomic mass is 10.2. The first-order valence-corrected chi connectivity index (χ1v) is 18.5. The lowest BCUT2D eigenvalue weighted by Gasteiger charge is -2.46. The van der Waals surface area contributed by atoms with Crippen molar-refractivity contribution in [2.75, 3.05) is 39.6 Å². The van der Waals surface area contributed by atoms with E-state index in [-0.39, 0.29) is 35.5 Å². The van der Waals surface area contributed by atoms with E-state index in [1.54, 1.807) is 0 Å². The summed E-state index contributed by atoms with van der Waals surface area (Å²) < 4.78 is 57.8. The highest BCUT2D eigenvalue weighted by Gasteiger charge is 2.75. The Morgan fingerprint density at radius 1 is 0.333 bits per heavy atom. The van der Waals surface area contributed by atoms with Crippen LogP contribution in [0.25, 0.3) is 0 Å². The molecule has 216 valence electrons. The van der Waals surface area contributed by atoms with Gasteiger partial charge in [-0.3, -0.25) is 0 Å². The molecule has 1 aliphatic heterocycles. The van der Waals surface area contributed by atoms with Gasteiger partial charge in [0.15, 0.2) is 0 Å². The molecule has 0 N–H and O–H groups in total. The van der Waals surface area contributed by atoms with Gasteiger partial charge in [-0.1, -0.05) is 83.1 Å². The number of hydrogen-bond acceptors (Lipinski definition) is 9. The van der Waals surface area contributed by atoms with Gasteiger partial charge in [-0.2, -0.15) is 0 Å². The first-order chi connectivity index (χ1) is 16.6. The summed E-state index contributed by atoms with van der Waals surface area (Å²) in [6, 6.07) is 0. The van der Waals surface area contributed by atoms with Crippen molar-refractivity contribution in [1.29, 1.82) is 0 Å². The molecule has 1 saturated heterocycles. The minimum absolute atomic E-state index is 0.223. The summed E-state index contributed by atoms with van der Waals surface area (Å²) in [4.78, 5) is 0. The molecule has 0 saturated carbocycles. The predicted octanol–water partition coefficient (Wildman–Crippen LogP) is 5.39. The minimum Gasteiger partial charge on any atom is -0.352 e. The van der Waals surface area contributed by atoms with Gasteiger partial charge in [0, 0.05) is 39.6 Å². The summed E-state index contributed by atoms with van der Waals surface area (Å²) in [7, 11) is -11.6. The van der Waals surface area contributed by atoms with Crippen molar-refractivity contribution in [1.82, 2.24) is 0 Å². The van der Waals surface area contributed by atoms with Gasteiger partial charge in [-0.15, -0.1) is 0 Å². The molecule has 1 fully saturated rings. The topological polar surface area (TPSA) is 83.1 Å². The summed E-state index contributed by atoms with van der Waals surface area (Å²) in [5.41, 5.74) is 0. The molecule has 1 rings (SSSR count). The second-order valence-electron chi connectivity index (χ2n) is 12.0. The third kappa shape index (κ3) is 12.9. The van der Waals surface area contributed by atoms with Crippen LogP contribution < -0.4 is 0 Å². The lowest BCUT2D eigenvalue weighted by Crippen LogP contribution is -2.76. The molecule has 36 heavy (non-hydrogen) atoms. The summed E-state index contributed by atoms with van der Waals surface area (Å²) >= 11 is 0. The third-order valence-electron chi connectivity index (χ3n) is 4.31. The minimum atomic E-state index is -3.87. The summed E-state index contributed by atoms with van der Waals surface area (Å²) in [5, 5.41) is 0. The van der Waals surface area contributed by atoms with Crippen LogP contribution in [0.1, 0.15) is 83.1 Å². The molecule has 0 aromatic heterocycles. The fourth-order valence-electron chi connectivity index (χ4n) is 2.61. The normalized spacial score (nSPS) is 19.5. The molecular formula is C24H54O9Si3. The average Bonchev–Trinajstić information content (AvgIpc) is 2.76. The summed E-state index contributed by atoms with van der Waals surface area (Å²) in [6.45, 7) is 27.0. The Hall–Kier alpha value is 0.291. The zero-order valence-corrected chi connectivity index (χ0v) is 27.9. The highest BCUT2D eigenvalue weighted by Crippen LogP contribution is 2.36. The molecule has 9 nitrogen and oxygen atoms in total. The SMILES string of the molecule is CC(C)CO[Si]1(OCC(C)C)O[Si](OCC(C)C)(OCC(C)C)O[Si](OCC(C)C)(OCC(C)C)O1. The molecule has 0 bridgehead atoms.